The molecule has 7 heteroatoms. The molecule has 3 heterocycles. The minimum atomic E-state index is -0.498. The number of allylic oxidation sites excluding steroid dienone is 2. The SMILES string of the molecule is CC1=CC=C(C(C)(C)NC(=O)C2C3CN(C(=O)OC(C)(C)C)CC32)N2C=CNC12. The van der Waals surface area contributed by atoms with Crippen LogP contribution in [-0.4, -0.2) is 52.2 Å². The van der Waals surface area contributed by atoms with Crippen LogP contribution in [-0.2, 0) is 9.53 Å². The van der Waals surface area contributed by atoms with Crippen molar-refractivity contribution in [3.63, 3.8) is 0 Å². The third kappa shape index (κ3) is 3.63. The first-order chi connectivity index (χ1) is 13.5. The van der Waals surface area contributed by atoms with Crippen LogP contribution in [0.4, 0.5) is 4.79 Å². The van der Waals surface area contributed by atoms with Gasteiger partial charge in [-0.2, -0.15) is 0 Å². The number of carbonyl (C=O) groups excluding carboxylic acids is 2. The van der Waals surface area contributed by atoms with E-state index in [2.05, 4.69) is 34.6 Å². The highest BCUT2D eigenvalue weighted by Crippen LogP contribution is 2.52. The molecule has 0 aromatic rings. The van der Waals surface area contributed by atoms with E-state index < -0.39 is 11.1 Å². The van der Waals surface area contributed by atoms with Gasteiger partial charge in [-0.3, -0.25) is 4.79 Å². The van der Waals surface area contributed by atoms with Crippen LogP contribution in [0.3, 0.4) is 0 Å². The number of nitrogens with zero attached hydrogens (tertiary/aromatic N) is 2. The normalized spacial score (nSPS) is 30.1. The van der Waals surface area contributed by atoms with Crippen LogP contribution in [0.25, 0.3) is 0 Å². The van der Waals surface area contributed by atoms with Gasteiger partial charge in [-0.25, -0.2) is 4.79 Å². The number of hydrogen-bond donors (Lipinski definition) is 2. The first-order valence-corrected chi connectivity index (χ1v) is 10.4. The average Bonchev–Trinajstić information content (AvgIpc) is 2.98. The highest BCUT2D eigenvalue weighted by Gasteiger charge is 2.61. The number of fused-ring (bicyclic) bond motifs is 2. The van der Waals surface area contributed by atoms with Gasteiger partial charge in [-0.05, 0) is 65.0 Å². The smallest absolute Gasteiger partial charge is 0.410 e. The van der Waals surface area contributed by atoms with Gasteiger partial charge in [0.2, 0.25) is 5.91 Å². The Morgan fingerprint density at radius 2 is 1.79 bits per heavy atom. The minimum Gasteiger partial charge on any atom is -0.444 e. The maximum Gasteiger partial charge on any atom is 0.410 e. The molecule has 2 N–H and O–H groups in total. The number of hydrogen-bond acceptors (Lipinski definition) is 5. The van der Waals surface area contributed by atoms with Crippen molar-refractivity contribution in [1.29, 1.82) is 0 Å². The molecule has 0 bridgehead atoms. The second kappa shape index (κ2) is 6.54. The first kappa shape index (κ1) is 19.9. The van der Waals surface area contributed by atoms with Crippen LogP contribution >= 0.6 is 0 Å². The fourth-order valence-electron chi connectivity index (χ4n) is 4.72. The maximum atomic E-state index is 13.0. The lowest BCUT2D eigenvalue weighted by Crippen LogP contribution is -2.53. The van der Waals surface area contributed by atoms with Crippen LogP contribution in [0.1, 0.15) is 41.5 Å². The average molecular weight is 401 g/mol. The lowest BCUT2D eigenvalue weighted by atomic mass is 9.94. The molecule has 0 aromatic heterocycles. The van der Waals surface area contributed by atoms with Gasteiger partial charge < -0.3 is 25.2 Å². The van der Waals surface area contributed by atoms with E-state index >= 15 is 0 Å². The van der Waals surface area contributed by atoms with Crippen molar-refractivity contribution in [3.05, 3.63) is 35.8 Å². The Morgan fingerprint density at radius 3 is 2.41 bits per heavy atom. The molecule has 1 saturated heterocycles. The largest absolute Gasteiger partial charge is 0.444 e. The summed E-state index contributed by atoms with van der Waals surface area (Å²) in [5.41, 5.74) is 1.30. The van der Waals surface area contributed by atoms with Crippen LogP contribution in [0.15, 0.2) is 35.8 Å². The molecule has 3 aliphatic heterocycles. The Balaban J connectivity index is 1.36. The zero-order valence-electron chi connectivity index (χ0n) is 18.2. The van der Waals surface area contributed by atoms with E-state index in [1.54, 1.807) is 4.90 Å². The molecular formula is C22H32N4O3. The van der Waals surface area contributed by atoms with Gasteiger partial charge in [0.25, 0.3) is 0 Å². The number of rotatable bonds is 3. The fraction of sp³-hybridized carbons (Fsp3) is 0.636. The van der Waals surface area contributed by atoms with Crippen LogP contribution in [0, 0.1) is 17.8 Å². The zero-order chi connectivity index (χ0) is 21.1. The first-order valence-electron chi connectivity index (χ1n) is 10.4. The molecule has 2 fully saturated rings. The summed E-state index contributed by atoms with van der Waals surface area (Å²) in [7, 11) is 0. The van der Waals surface area contributed by atoms with E-state index in [-0.39, 0.29) is 35.9 Å². The Hall–Kier alpha value is -2.44. The molecule has 4 aliphatic rings. The molecule has 7 nitrogen and oxygen atoms in total. The van der Waals surface area contributed by atoms with E-state index in [0.717, 1.165) is 5.70 Å². The Kier molecular flexibility index (Phi) is 4.48. The standard InChI is InChI=1S/C22H32N4O3/c1-13-7-8-16(26-10-9-23-18(13)26)22(5,6)24-19(27)17-14-11-25(12-15(14)17)20(28)29-21(2,3)4/h7-10,14-15,17-18,23H,11-12H2,1-6H3,(H,24,27). The van der Waals surface area contributed by atoms with Crippen molar-refractivity contribution >= 4 is 12.0 Å². The zero-order valence-corrected chi connectivity index (χ0v) is 18.2. The molecule has 0 radical (unpaired) electrons. The fourth-order valence-corrected chi connectivity index (χ4v) is 4.72. The number of ether oxygens (including phenoxy) is 1. The van der Waals surface area contributed by atoms with Gasteiger partial charge in [0.15, 0.2) is 0 Å². The highest BCUT2D eigenvalue weighted by atomic mass is 16.6. The lowest BCUT2D eigenvalue weighted by molar-refractivity contribution is -0.124. The molecule has 2 amide bonds. The summed E-state index contributed by atoms with van der Waals surface area (Å²) < 4.78 is 5.45. The van der Waals surface area contributed by atoms with E-state index in [9.17, 15) is 9.59 Å². The van der Waals surface area contributed by atoms with E-state index in [0.29, 0.717) is 13.1 Å². The van der Waals surface area contributed by atoms with Gasteiger partial charge in [-0.15, -0.1) is 0 Å². The monoisotopic (exact) mass is 400 g/mol. The van der Waals surface area contributed by atoms with Gasteiger partial charge in [0.1, 0.15) is 11.8 Å². The molecule has 1 saturated carbocycles. The minimum absolute atomic E-state index is 0.0162. The number of piperidine rings is 1. The number of carbonyl (C=O) groups is 2. The van der Waals surface area contributed by atoms with Crippen LogP contribution in [0.5, 0.6) is 0 Å². The molecule has 0 spiro atoms. The molecule has 158 valence electrons. The maximum absolute atomic E-state index is 13.0. The number of likely N-dealkylation sites (tertiary alicyclic amines) is 1. The van der Waals surface area contributed by atoms with Crippen molar-refractivity contribution < 1.29 is 14.3 Å². The number of nitrogens with one attached hydrogen (secondary N) is 2. The van der Waals surface area contributed by atoms with Gasteiger partial charge in [0, 0.05) is 37.1 Å². The summed E-state index contributed by atoms with van der Waals surface area (Å²) in [6.07, 6.45) is 7.99. The van der Waals surface area contributed by atoms with Gasteiger partial charge in [-0.1, -0.05) is 6.08 Å². The molecule has 29 heavy (non-hydrogen) atoms. The summed E-state index contributed by atoms with van der Waals surface area (Å²) in [6.45, 7) is 13.0. The van der Waals surface area contributed by atoms with Crippen molar-refractivity contribution in [1.82, 2.24) is 20.4 Å². The Morgan fingerprint density at radius 1 is 1.14 bits per heavy atom. The summed E-state index contributed by atoms with van der Waals surface area (Å²) >= 11 is 0. The van der Waals surface area contributed by atoms with Crippen LogP contribution < -0.4 is 10.6 Å². The van der Waals surface area contributed by atoms with Crippen molar-refractivity contribution in [3.8, 4) is 0 Å². The molecular weight excluding hydrogens is 368 g/mol. The van der Waals surface area contributed by atoms with E-state index in [4.69, 9.17) is 4.74 Å². The molecule has 1 aliphatic carbocycles. The quantitative estimate of drug-likeness (QED) is 0.762. The van der Waals surface area contributed by atoms with Crippen molar-refractivity contribution in [2.75, 3.05) is 13.1 Å². The van der Waals surface area contributed by atoms with Crippen molar-refractivity contribution in [2.24, 2.45) is 17.8 Å². The summed E-state index contributed by atoms with van der Waals surface area (Å²) in [6, 6.07) is 0. The third-order valence-electron chi connectivity index (χ3n) is 6.21. The topological polar surface area (TPSA) is 73.9 Å². The summed E-state index contributed by atoms with van der Waals surface area (Å²) in [5.74, 6) is 0.537. The highest BCUT2D eigenvalue weighted by molar-refractivity contribution is 5.84. The third-order valence-corrected chi connectivity index (χ3v) is 6.21. The van der Waals surface area contributed by atoms with E-state index in [1.807, 2.05) is 47.0 Å². The van der Waals surface area contributed by atoms with E-state index in [1.165, 1.54) is 5.57 Å². The van der Waals surface area contributed by atoms with Crippen molar-refractivity contribution in [2.45, 2.75) is 58.8 Å². The number of amides is 2. The molecule has 3 unspecified atom stereocenters. The molecule has 0 aromatic carbocycles. The lowest BCUT2D eigenvalue weighted by Gasteiger charge is -2.40. The summed E-state index contributed by atoms with van der Waals surface area (Å²) in [4.78, 5) is 29.2. The Labute approximate surface area is 172 Å². The predicted molar refractivity (Wildman–Crippen MR) is 110 cm³/mol. The second-order valence-electron chi connectivity index (χ2n) is 10.1. The van der Waals surface area contributed by atoms with Gasteiger partial charge in [0.05, 0.1) is 5.54 Å². The predicted octanol–water partition coefficient (Wildman–Crippen LogP) is 2.54. The molecule has 4 rings (SSSR count). The molecule has 3 atom stereocenters. The van der Waals surface area contributed by atoms with Gasteiger partial charge >= 0.3 is 6.09 Å². The Bertz CT molecular complexity index is 808. The van der Waals surface area contributed by atoms with Crippen LogP contribution in [0.2, 0.25) is 0 Å². The summed E-state index contributed by atoms with van der Waals surface area (Å²) in [5, 5.41) is 6.59. The second-order valence-corrected chi connectivity index (χ2v) is 10.1.